The molecule has 0 radical (unpaired) electrons. The van der Waals surface area contributed by atoms with Crippen LogP contribution in [0, 0.1) is 16.6 Å². The molecule has 1 aliphatic heterocycles. The van der Waals surface area contributed by atoms with Gasteiger partial charge in [-0.1, -0.05) is 42.8 Å². The summed E-state index contributed by atoms with van der Waals surface area (Å²) in [5, 5.41) is 3.10. The molecule has 2 heterocycles. The SMILES string of the molecule is O=C(CC1c2ccccc2-c2cncn21)C12CCCC(C(=O)NCc3ccc(F)cc3)(CC1)CC2. The summed E-state index contributed by atoms with van der Waals surface area (Å²) in [6, 6.07) is 14.6. The zero-order chi connectivity index (χ0) is 24.0. The van der Waals surface area contributed by atoms with Gasteiger partial charge in [0, 0.05) is 29.4 Å². The monoisotopic (exact) mass is 471 g/mol. The molecule has 3 aliphatic carbocycles. The zero-order valence-corrected chi connectivity index (χ0v) is 19.8. The summed E-state index contributed by atoms with van der Waals surface area (Å²) in [5.41, 5.74) is 3.63. The first-order valence-corrected chi connectivity index (χ1v) is 12.7. The van der Waals surface area contributed by atoms with Crippen LogP contribution in [0.1, 0.15) is 68.5 Å². The van der Waals surface area contributed by atoms with Crippen LogP contribution in [0.25, 0.3) is 11.3 Å². The van der Waals surface area contributed by atoms with Crippen molar-refractivity contribution in [2.45, 2.75) is 64.0 Å². The Kier molecular flexibility index (Phi) is 5.35. The molecule has 3 fully saturated rings. The number of ketones is 1. The van der Waals surface area contributed by atoms with Crippen molar-refractivity contribution in [3.63, 3.8) is 0 Å². The van der Waals surface area contributed by atoms with Gasteiger partial charge in [-0.3, -0.25) is 9.59 Å². The number of amides is 1. The van der Waals surface area contributed by atoms with Gasteiger partial charge < -0.3 is 9.88 Å². The molecule has 1 aromatic heterocycles. The molecule has 3 aromatic rings. The number of halogens is 1. The van der Waals surface area contributed by atoms with E-state index < -0.39 is 5.41 Å². The lowest BCUT2D eigenvalue weighted by Gasteiger charge is -2.41. The molecule has 0 spiro atoms. The third kappa shape index (κ3) is 3.70. The van der Waals surface area contributed by atoms with Crippen LogP contribution in [0.4, 0.5) is 4.39 Å². The smallest absolute Gasteiger partial charge is 0.226 e. The number of carbonyl (C=O) groups is 2. The van der Waals surface area contributed by atoms with E-state index in [0.717, 1.165) is 56.2 Å². The highest BCUT2D eigenvalue weighted by molar-refractivity contribution is 5.88. The van der Waals surface area contributed by atoms with E-state index in [0.29, 0.717) is 18.7 Å². The van der Waals surface area contributed by atoms with Crippen molar-refractivity contribution in [2.75, 3.05) is 0 Å². The van der Waals surface area contributed by atoms with Crippen LogP contribution in [0.2, 0.25) is 0 Å². The topological polar surface area (TPSA) is 64.0 Å². The predicted octanol–water partition coefficient (Wildman–Crippen LogP) is 5.60. The van der Waals surface area contributed by atoms with Crippen LogP contribution in [-0.4, -0.2) is 21.2 Å². The highest BCUT2D eigenvalue weighted by atomic mass is 19.1. The van der Waals surface area contributed by atoms with Gasteiger partial charge in [-0.25, -0.2) is 9.37 Å². The fourth-order valence-electron chi connectivity index (χ4n) is 6.74. The summed E-state index contributed by atoms with van der Waals surface area (Å²) in [6.07, 6.45) is 9.86. The molecule has 35 heavy (non-hydrogen) atoms. The summed E-state index contributed by atoms with van der Waals surface area (Å²) in [7, 11) is 0. The van der Waals surface area contributed by atoms with Crippen molar-refractivity contribution in [3.05, 3.63) is 78.0 Å². The van der Waals surface area contributed by atoms with E-state index in [9.17, 15) is 14.0 Å². The fourth-order valence-corrected chi connectivity index (χ4v) is 6.74. The lowest BCUT2D eigenvalue weighted by atomic mass is 9.62. The lowest BCUT2D eigenvalue weighted by molar-refractivity contribution is -0.139. The number of hydrogen-bond acceptors (Lipinski definition) is 3. The minimum Gasteiger partial charge on any atom is -0.352 e. The summed E-state index contributed by atoms with van der Waals surface area (Å²) in [4.78, 5) is 31.5. The summed E-state index contributed by atoms with van der Waals surface area (Å²) in [5.74, 6) is 0.139. The largest absolute Gasteiger partial charge is 0.352 e. The van der Waals surface area contributed by atoms with Crippen LogP contribution in [0.15, 0.2) is 61.1 Å². The van der Waals surface area contributed by atoms with Gasteiger partial charge in [0.25, 0.3) is 0 Å². The molecule has 3 saturated carbocycles. The predicted molar refractivity (Wildman–Crippen MR) is 131 cm³/mol. The maximum Gasteiger partial charge on any atom is 0.226 e. The van der Waals surface area contributed by atoms with Gasteiger partial charge in [-0.2, -0.15) is 0 Å². The van der Waals surface area contributed by atoms with E-state index in [1.165, 1.54) is 23.3 Å². The molecule has 1 unspecified atom stereocenters. The number of imidazole rings is 1. The van der Waals surface area contributed by atoms with Crippen molar-refractivity contribution >= 4 is 11.7 Å². The molecule has 1 N–H and O–H groups in total. The first kappa shape index (κ1) is 22.2. The molecule has 6 heteroatoms. The second-order valence-electron chi connectivity index (χ2n) is 10.6. The molecule has 5 nitrogen and oxygen atoms in total. The standard InChI is InChI=1S/C29H30FN3O2/c30-21-8-6-20(7-9-21)17-32-27(35)29-11-3-10-28(12-14-29,13-15-29)26(34)16-24-22-4-1-2-5-23(22)25-18-31-19-33(24)25/h1-2,4-9,18-19,24H,3,10-17H2,(H,32,35). The second-order valence-corrected chi connectivity index (χ2v) is 10.6. The van der Waals surface area contributed by atoms with Gasteiger partial charge in [0.05, 0.1) is 24.3 Å². The third-order valence-corrected chi connectivity index (χ3v) is 8.89. The number of Topliss-reactive ketones (excluding diaryl/α,β-unsaturated/α-hetero) is 1. The number of carbonyl (C=O) groups excluding carboxylic acids is 2. The number of rotatable bonds is 6. The summed E-state index contributed by atoms with van der Waals surface area (Å²) < 4.78 is 15.3. The average Bonchev–Trinajstić information content (AvgIpc) is 3.34. The van der Waals surface area contributed by atoms with Crippen LogP contribution < -0.4 is 5.32 Å². The number of aromatic nitrogens is 2. The Labute approximate surface area is 204 Å². The molecule has 4 aliphatic rings. The fraction of sp³-hybridized carbons (Fsp3) is 0.414. The molecular weight excluding hydrogens is 441 g/mol. The van der Waals surface area contributed by atoms with Crippen molar-refractivity contribution < 1.29 is 14.0 Å². The quantitative estimate of drug-likeness (QED) is 0.509. The Bertz CT molecular complexity index is 1270. The van der Waals surface area contributed by atoms with Crippen molar-refractivity contribution in [1.29, 1.82) is 0 Å². The highest BCUT2D eigenvalue weighted by Crippen LogP contribution is 2.56. The Morgan fingerprint density at radius 2 is 1.69 bits per heavy atom. The van der Waals surface area contributed by atoms with Gasteiger partial charge in [-0.05, 0) is 61.8 Å². The first-order chi connectivity index (χ1) is 17.0. The van der Waals surface area contributed by atoms with Crippen LogP contribution in [0.5, 0.6) is 0 Å². The molecule has 1 atom stereocenters. The van der Waals surface area contributed by atoms with Crippen LogP contribution in [0.3, 0.4) is 0 Å². The number of fused-ring (bicyclic) bond motifs is 7. The zero-order valence-electron chi connectivity index (χ0n) is 19.8. The second kappa shape index (κ2) is 8.43. The van der Waals surface area contributed by atoms with E-state index >= 15 is 0 Å². The van der Waals surface area contributed by atoms with E-state index in [2.05, 4.69) is 27.0 Å². The molecule has 2 bridgehead atoms. The van der Waals surface area contributed by atoms with Crippen molar-refractivity contribution in [2.24, 2.45) is 10.8 Å². The van der Waals surface area contributed by atoms with Gasteiger partial charge in [0.15, 0.2) is 0 Å². The number of benzene rings is 2. The van der Waals surface area contributed by atoms with E-state index in [1.54, 1.807) is 12.1 Å². The minimum absolute atomic E-state index is 0.000445. The highest BCUT2D eigenvalue weighted by Gasteiger charge is 2.52. The van der Waals surface area contributed by atoms with Gasteiger partial charge in [-0.15, -0.1) is 0 Å². The number of hydrogen-bond donors (Lipinski definition) is 1. The first-order valence-electron chi connectivity index (χ1n) is 12.7. The lowest BCUT2D eigenvalue weighted by Crippen LogP contribution is -2.45. The molecule has 0 saturated heterocycles. The third-order valence-electron chi connectivity index (χ3n) is 8.89. The van der Waals surface area contributed by atoms with E-state index in [4.69, 9.17) is 0 Å². The molecule has 7 rings (SSSR count). The number of nitrogens with zero attached hydrogens (tertiary/aromatic N) is 2. The normalized spacial score (nSPS) is 26.6. The maximum atomic E-state index is 13.9. The maximum absolute atomic E-state index is 13.9. The summed E-state index contributed by atoms with van der Waals surface area (Å²) >= 11 is 0. The van der Waals surface area contributed by atoms with Gasteiger partial charge in [0.1, 0.15) is 11.6 Å². The Morgan fingerprint density at radius 3 is 2.49 bits per heavy atom. The van der Waals surface area contributed by atoms with E-state index in [-0.39, 0.29) is 23.2 Å². The molecule has 2 aromatic carbocycles. The molecular formula is C29H30FN3O2. The Morgan fingerprint density at radius 1 is 0.971 bits per heavy atom. The summed E-state index contributed by atoms with van der Waals surface area (Å²) in [6.45, 7) is 0.402. The van der Waals surface area contributed by atoms with Crippen LogP contribution >= 0.6 is 0 Å². The van der Waals surface area contributed by atoms with Crippen molar-refractivity contribution in [1.82, 2.24) is 14.9 Å². The Hall–Kier alpha value is -3.28. The Balaban J connectivity index is 1.15. The van der Waals surface area contributed by atoms with Crippen LogP contribution in [-0.2, 0) is 16.1 Å². The average molecular weight is 472 g/mol. The van der Waals surface area contributed by atoms with Gasteiger partial charge >= 0.3 is 0 Å². The number of nitrogens with one attached hydrogen (secondary N) is 1. The van der Waals surface area contributed by atoms with Gasteiger partial charge in [0.2, 0.25) is 5.91 Å². The minimum atomic E-state index is -0.391. The van der Waals surface area contributed by atoms with Crippen molar-refractivity contribution in [3.8, 4) is 11.3 Å². The molecule has 180 valence electrons. The van der Waals surface area contributed by atoms with E-state index in [1.807, 2.05) is 24.7 Å². The molecule has 1 amide bonds.